The molecule has 4 aromatic rings. The molecule has 0 saturated carbocycles. The molecule has 0 saturated heterocycles. The van der Waals surface area contributed by atoms with Crippen molar-refractivity contribution in [2.45, 2.75) is 13.1 Å². The standard InChI is InChI=1S/C22H15ClF3N5O2/c1-12-18(17-9-10-28-31(17)15-7-5-14(23)6-8-15)29-19(20(27)32)21(33)30(12)16-4-2-3-13(11-16)22(24,25)26/h2-11H,1H3,(H2,27,32). The maximum Gasteiger partial charge on any atom is 0.416 e. The van der Waals surface area contributed by atoms with Crippen LogP contribution in [0, 0.1) is 6.92 Å². The molecule has 0 bridgehead atoms. The summed E-state index contributed by atoms with van der Waals surface area (Å²) in [6.07, 6.45) is -3.14. The summed E-state index contributed by atoms with van der Waals surface area (Å²) in [6, 6.07) is 12.5. The first-order valence-corrected chi connectivity index (χ1v) is 9.87. The van der Waals surface area contributed by atoms with E-state index >= 15 is 0 Å². The molecule has 168 valence electrons. The third-order valence-electron chi connectivity index (χ3n) is 4.93. The highest BCUT2D eigenvalue weighted by Crippen LogP contribution is 2.31. The van der Waals surface area contributed by atoms with E-state index in [9.17, 15) is 22.8 Å². The molecule has 0 atom stereocenters. The highest BCUT2D eigenvalue weighted by molar-refractivity contribution is 6.30. The summed E-state index contributed by atoms with van der Waals surface area (Å²) >= 11 is 5.95. The fraction of sp³-hybridized carbons (Fsp3) is 0.0909. The van der Waals surface area contributed by atoms with Crippen LogP contribution in [0.1, 0.15) is 21.7 Å². The molecule has 2 aromatic heterocycles. The zero-order valence-electron chi connectivity index (χ0n) is 17.0. The number of hydrogen-bond donors (Lipinski definition) is 1. The number of halogens is 4. The number of nitrogens with zero attached hydrogens (tertiary/aromatic N) is 4. The monoisotopic (exact) mass is 473 g/mol. The minimum atomic E-state index is -4.62. The number of carbonyl (C=O) groups excluding carboxylic acids is 1. The number of hydrogen-bond acceptors (Lipinski definition) is 4. The van der Waals surface area contributed by atoms with Gasteiger partial charge in [-0.25, -0.2) is 9.67 Å². The van der Waals surface area contributed by atoms with Gasteiger partial charge in [0.15, 0.2) is 5.69 Å². The van der Waals surface area contributed by atoms with E-state index in [1.165, 1.54) is 29.9 Å². The third kappa shape index (κ3) is 4.12. The summed E-state index contributed by atoms with van der Waals surface area (Å²) in [7, 11) is 0. The molecule has 0 unspecified atom stereocenters. The highest BCUT2D eigenvalue weighted by atomic mass is 35.5. The Morgan fingerprint density at radius 2 is 1.76 bits per heavy atom. The van der Waals surface area contributed by atoms with E-state index in [2.05, 4.69) is 10.1 Å². The first kappa shape index (κ1) is 22.3. The van der Waals surface area contributed by atoms with Crippen molar-refractivity contribution >= 4 is 17.5 Å². The maximum atomic E-state index is 13.3. The zero-order valence-corrected chi connectivity index (χ0v) is 17.7. The molecule has 0 aliphatic rings. The number of carbonyl (C=O) groups is 1. The van der Waals surface area contributed by atoms with Crippen molar-refractivity contribution in [1.82, 2.24) is 19.3 Å². The molecular weight excluding hydrogens is 459 g/mol. The molecular formula is C22H15ClF3N5O2. The van der Waals surface area contributed by atoms with Crippen LogP contribution in [0.15, 0.2) is 65.6 Å². The lowest BCUT2D eigenvalue weighted by Crippen LogP contribution is -2.32. The highest BCUT2D eigenvalue weighted by Gasteiger charge is 2.31. The largest absolute Gasteiger partial charge is 0.416 e. The van der Waals surface area contributed by atoms with Gasteiger partial charge in [-0.05, 0) is 55.5 Å². The molecule has 0 fully saturated rings. The predicted octanol–water partition coefficient (Wildman–Crippen LogP) is 4.16. The van der Waals surface area contributed by atoms with Gasteiger partial charge >= 0.3 is 6.18 Å². The van der Waals surface area contributed by atoms with Gasteiger partial charge in [0, 0.05) is 10.7 Å². The molecule has 4 rings (SSSR count). The van der Waals surface area contributed by atoms with E-state index in [4.69, 9.17) is 17.3 Å². The second-order valence-electron chi connectivity index (χ2n) is 7.05. The molecule has 2 N–H and O–H groups in total. The zero-order chi connectivity index (χ0) is 23.9. The van der Waals surface area contributed by atoms with E-state index in [1.807, 2.05) is 0 Å². The van der Waals surface area contributed by atoms with Crippen LogP contribution in [0.3, 0.4) is 0 Å². The van der Waals surface area contributed by atoms with Gasteiger partial charge in [-0.2, -0.15) is 18.3 Å². The van der Waals surface area contributed by atoms with E-state index in [1.54, 1.807) is 30.3 Å². The summed E-state index contributed by atoms with van der Waals surface area (Å²) in [4.78, 5) is 29.1. The summed E-state index contributed by atoms with van der Waals surface area (Å²) in [6.45, 7) is 1.51. The summed E-state index contributed by atoms with van der Waals surface area (Å²) in [5.41, 5.74) is 4.13. The second kappa shape index (κ2) is 8.21. The minimum absolute atomic E-state index is 0.0870. The molecule has 2 heterocycles. The van der Waals surface area contributed by atoms with Gasteiger partial charge in [0.2, 0.25) is 0 Å². The molecule has 11 heteroatoms. The Morgan fingerprint density at radius 1 is 1.06 bits per heavy atom. The van der Waals surface area contributed by atoms with Crippen molar-refractivity contribution in [3.8, 4) is 22.8 Å². The molecule has 7 nitrogen and oxygen atoms in total. The number of benzene rings is 2. The van der Waals surface area contributed by atoms with Crippen LogP contribution >= 0.6 is 11.6 Å². The summed E-state index contributed by atoms with van der Waals surface area (Å²) in [5.74, 6) is -1.11. The SMILES string of the molecule is Cc1c(-c2ccnn2-c2ccc(Cl)cc2)nc(C(N)=O)c(=O)n1-c1cccc(C(F)(F)F)c1. The third-order valence-corrected chi connectivity index (χ3v) is 5.18. The first-order valence-electron chi connectivity index (χ1n) is 9.49. The van der Waals surface area contributed by atoms with Crippen molar-refractivity contribution in [2.75, 3.05) is 0 Å². The van der Waals surface area contributed by atoms with Gasteiger partial charge in [-0.15, -0.1) is 0 Å². The lowest BCUT2D eigenvalue weighted by molar-refractivity contribution is -0.137. The van der Waals surface area contributed by atoms with Crippen molar-refractivity contribution in [2.24, 2.45) is 5.73 Å². The van der Waals surface area contributed by atoms with Gasteiger partial charge in [0.1, 0.15) is 5.69 Å². The molecule has 1 amide bonds. The van der Waals surface area contributed by atoms with Crippen LogP contribution in [-0.2, 0) is 6.18 Å². The van der Waals surface area contributed by atoms with Crippen molar-refractivity contribution < 1.29 is 18.0 Å². The molecule has 0 aliphatic carbocycles. The summed E-state index contributed by atoms with van der Waals surface area (Å²) in [5, 5.41) is 4.77. The van der Waals surface area contributed by atoms with Crippen LogP contribution in [0.25, 0.3) is 22.8 Å². The molecule has 2 aromatic carbocycles. The van der Waals surface area contributed by atoms with Gasteiger partial charge in [0.25, 0.3) is 11.5 Å². The van der Waals surface area contributed by atoms with E-state index in [0.29, 0.717) is 16.4 Å². The Bertz CT molecular complexity index is 1430. The van der Waals surface area contributed by atoms with Crippen LogP contribution in [0.4, 0.5) is 13.2 Å². The fourth-order valence-corrected chi connectivity index (χ4v) is 3.54. The molecule has 0 spiro atoms. The number of nitrogens with two attached hydrogens (primary N) is 1. The average Bonchev–Trinajstić information content (AvgIpc) is 3.23. The number of rotatable bonds is 4. The first-order chi connectivity index (χ1) is 15.6. The number of amides is 1. The normalized spacial score (nSPS) is 11.5. The Hall–Kier alpha value is -3.92. The van der Waals surface area contributed by atoms with Gasteiger partial charge in [-0.1, -0.05) is 17.7 Å². The topological polar surface area (TPSA) is 95.8 Å². The summed E-state index contributed by atoms with van der Waals surface area (Å²) < 4.78 is 42.3. The van der Waals surface area contributed by atoms with Crippen LogP contribution in [0.5, 0.6) is 0 Å². The smallest absolute Gasteiger partial charge is 0.364 e. The Balaban J connectivity index is 2.00. The van der Waals surface area contributed by atoms with Gasteiger partial charge in [0.05, 0.1) is 28.8 Å². The Labute approximate surface area is 189 Å². The lowest BCUT2D eigenvalue weighted by atomic mass is 10.1. The van der Waals surface area contributed by atoms with Crippen LogP contribution < -0.4 is 11.3 Å². The lowest BCUT2D eigenvalue weighted by Gasteiger charge is -2.17. The second-order valence-corrected chi connectivity index (χ2v) is 7.49. The van der Waals surface area contributed by atoms with E-state index in [0.717, 1.165) is 16.7 Å². The van der Waals surface area contributed by atoms with Crippen molar-refractivity contribution in [3.63, 3.8) is 0 Å². The van der Waals surface area contributed by atoms with Crippen molar-refractivity contribution in [3.05, 3.63) is 93.1 Å². The molecule has 0 radical (unpaired) electrons. The quantitative estimate of drug-likeness (QED) is 0.481. The minimum Gasteiger partial charge on any atom is -0.364 e. The fourth-order valence-electron chi connectivity index (χ4n) is 3.41. The van der Waals surface area contributed by atoms with Gasteiger partial charge in [-0.3, -0.25) is 14.2 Å². The number of aromatic nitrogens is 4. The number of alkyl halides is 3. The van der Waals surface area contributed by atoms with E-state index in [-0.39, 0.29) is 17.1 Å². The van der Waals surface area contributed by atoms with Gasteiger partial charge < -0.3 is 5.73 Å². The maximum absolute atomic E-state index is 13.3. The Morgan fingerprint density at radius 3 is 2.39 bits per heavy atom. The van der Waals surface area contributed by atoms with Crippen LogP contribution in [0.2, 0.25) is 5.02 Å². The van der Waals surface area contributed by atoms with Crippen LogP contribution in [-0.4, -0.2) is 25.2 Å². The molecule has 0 aliphatic heterocycles. The Kier molecular flexibility index (Phi) is 5.54. The van der Waals surface area contributed by atoms with Crippen molar-refractivity contribution in [1.29, 1.82) is 0 Å². The average molecular weight is 474 g/mol. The molecule has 33 heavy (non-hydrogen) atoms. The van der Waals surface area contributed by atoms with E-state index < -0.39 is 28.9 Å². The number of primary amides is 1. The predicted molar refractivity (Wildman–Crippen MR) is 116 cm³/mol.